The second-order valence-corrected chi connectivity index (χ2v) is 12.7. The van der Waals surface area contributed by atoms with Crippen molar-refractivity contribution in [2.45, 2.75) is 90.2 Å². The molecule has 0 N–H and O–H groups in total. The van der Waals surface area contributed by atoms with Crippen molar-refractivity contribution in [1.82, 2.24) is 0 Å². The molecule has 0 radical (unpaired) electrons. The molecule has 1 aliphatic rings. The molecule has 0 spiro atoms. The van der Waals surface area contributed by atoms with Gasteiger partial charge >= 0.3 is 83.7 Å². The number of halogens is 23. The Hall–Kier alpha value is -4.18. The van der Waals surface area contributed by atoms with Gasteiger partial charge < -0.3 is 28.4 Å². The van der Waals surface area contributed by atoms with Gasteiger partial charge in [-0.3, -0.25) is 4.74 Å². The van der Waals surface area contributed by atoms with E-state index < -0.39 is 154 Å². The Morgan fingerprint density at radius 3 is 1.28 bits per heavy atom. The highest BCUT2D eigenvalue weighted by Gasteiger charge is 2.91. The van der Waals surface area contributed by atoms with Gasteiger partial charge in [0.2, 0.25) is 5.67 Å². The topological polar surface area (TPSA) is 125 Å². The Bertz CT molecular complexity index is 1730. The largest absolute Gasteiger partial charge is 0.456 e. The first kappa shape index (κ1) is 58.8. The average molecular weight is 1010 g/mol. The normalized spacial score (nSPS) is 22.0. The molecule has 1 fully saturated rings. The zero-order chi connectivity index (χ0) is 51.4. The van der Waals surface area contributed by atoms with Gasteiger partial charge in [-0.05, 0) is 6.42 Å². The fourth-order valence-corrected chi connectivity index (χ4v) is 4.31. The minimum Gasteiger partial charge on any atom is -0.456 e. The number of carbonyl (C=O) groups excluding carboxylic acids is 3. The summed E-state index contributed by atoms with van der Waals surface area (Å²) >= 11 is 0. The molecule has 1 aliphatic carbocycles. The van der Waals surface area contributed by atoms with Gasteiger partial charge in [0.05, 0.1) is 19.8 Å². The van der Waals surface area contributed by atoms with E-state index >= 15 is 39.5 Å². The van der Waals surface area contributed by atoms with Crippen LogP contribution in [0.25, 0.3) is 0 Å². The highest BCUT2D eigenvalue weighted by atomic mass is 19.4. The van der Waals surface area contributed by atoms with Crippen LogP contribution in [-0.4, -0.2) is 142 Å². The van der Waals surface area contributed by atoms with E-state index in [-0.39, 0.29) is 18.2 Å². The van der Waals surface area contributed by atoms with E-state index in [2.05, 4.69) is 52.9 Å². The van der Waals surface area contributed by atoms with Crippen LogP contribution in [0.2, 0.25) is 0 Å². The molecule has 0 aromatic rings. The van der Waals surface area contributed by atoms with E-state index in [1.54, 1.807) is 0 Å². The van der Waals surface area contributed by atoms with Crippen molar-refractivity contribution < 1.29 is 153 Å². The third kappa shape index (κ3) is 12.2. The number of carbonyl (C=O) groups is 3. The van der Waals surface area contributed by atoms with Crippen molar-refractivity contribution in [1.29, 1.82) is 0 Å². The zero-order valence-corrected chi connectivity index (χ0v) is 31.4. The molecule has 3 atom stereocenters. The van der Waals surface area contributed by atoms with Gasteiger partial charge in [-0.2, -0.15) is 83.4 Å². The quantitative estimate of drug-likeness (QED) is 0.0260. The minimum absolute atomic E-state index is 0.0119. The van der Waals surface area contributed by atoms with Gasteiger partial charge in [-0.1, -0.05) is 19.7 Å². The van der Waals surface area contributed by atoms with Crippen LogP contribution >= 0.6 is 0 Å². The van der Waals surface area contributed by atoms with Gasteiger partial charge in [-0.25, -0.2) is 36.7 Å². The summed E-state index contributed by atoms with van der Waals surface area (Å²) in [6.45, 7) is -11.8. The molecule has 11 nitrogen and oxygen atoms in total. The second kappa shape index (κ2) is 19.6. The highest BCUT2D eigenvalue weighted by molar-refractivity contribution is 5.81. The van der Waals surface area contributed by atoms with Crippen molar-refractivity contribution in [3.63, 3.8) is 0 Å². The Balaban J connectivity index is 3.69. The number of esters is 3. The van der Waals surface area contributed by atoms with Crippen LogP contribution in [0.15, 0.2) is 38.0 Å². The SMILES string of the molecule is C=CC(=O)OCC(F)(F)C(F)(F)OCCOCC1(F)CCC(F)(F)C(F)(C(F)(F)OC(F)(F)C(F)(COC(F)(F)C(F)(F)COC(=O)C=C)OC(F)(F)C(F)(F)COC(=O)C=C)C1(F)F. The van der Waals surface area contributed by atoms with Crippen LogP contribution in [0.3, 0.4) is 0 Å². The van der Waals surface area contributed by atoms with Gasteiger partial charge in [-0.15, -0.1) is 0 Å². The van der Waals surface area contributed by atoms with E-state index in [0.29, 0.717) is 0 Å². The van der Waals surface area contributed by atoms with Crippen molar-refractivity contribution in [2.24, 2.45) is 0 Å². The predicted octanol–water partition coefficient (Wildman–Crippen LogP) is 8.27. The lowest BCUT2D eigenvalue weighted by molar-refractivity contribution is -0.534. The fraction of sp³-hybridized carbons (Fsp3) is 0.710. The van der Waals surface area contributed by atoms with Crippen molar-refractivity contribution in [2.75, 3.05) is 46.2 Å². The first-order valence-corrected chi connectivity index (χ1v) is 16.4. The average Bonchev–Trinajstić information content (AvgIpc) is 3.17. The summed E-state index contributed by atoms with van der Waals surface area (Å²) in [5.41, 5.74) is -13.3. The van der Waals surface area contributed by atoms with E-state index in [4.69, 9.17) is 0 Å². The lowest BCUT2D eigenvalue weighted by Gasteiger charge is -2.51. The zero-order valence-electron chi connectivity index (χ0n) is 31.4. The van der Waals surface area contributed by atoms with Crippen LogP contribution in [0.1, 0.15) is 12.8 Å². The van der Waals surface area contributed by atoms with E-state index in [1.807, 2.05) is 4.74 Å². The summed E-state index contributed by atoms with van der Waals surface area (Å²) in [6, 6.07) is 0. The molecule has 0 saturated heterocycles. The molecular formula is C31H27F23O11. The maximum atomic E-state index is 15.7. The number of alkyl halides is 23. The Kier molecular flexibility index (Phi) is 17.7. The summed E-state index contributed by atoms with van der Waals surface area (Å²) < 4.78 is 362. The Labute approximate surface area is 346 Å². The van der Waals surface area contributed by atoms with Crippen molar-refractivity contribution in [3.8, 4) is 0 Å². The maximum Gasteiger partial charge on any atom is 0.425 e. The minimum atomic E-state index is -8.11. The smallest absolute Gasteiger partial charge is 0.425 e. The number of hydrogen-bond donors (Lipinski definition) is 0. The molecule has 0 heterocycles. The summed E-state index contributed by atoms with van der Waals surface area (Å²) in [7, 11) is 0. The third-order valence-corrected chi connectivity index (χ3v) is 7.96. The Morgan fingerprint density at radius 1 is 0.492 bits per heavy atom. The van der Waals surface area contributed by atoms with Gasteiger partial charge in [0.25, 0.3) is 5.92 Å². The molecule has 0 aliphatic heterocycles. The van der Waals surface area contributed by atoms with Crippen LogP contribution in [0, 0.1) is 0 Å². The van der Waals surface area contributed by atoms with E-state index in [1.165, 1.54) is 0 Å². The summed E-state index contributed by atoms with van der Waals surface area (Å²) in [5, 5.41) is 0. The number of hydrogen-bond acceptors (Lipinski definition) is 11. The number of rotatable bonds is 27. The monoisotopic (exact) mass is 1010 g/mol. The van der Waals surface area contributed by atoms with Crippen LogP contribution in [0.4, 0.5) is 101 Å². The first-order chi connectivity index (χ1) is 28.9. The lowest BCUT2D eigenvalue weighted by Crippen LogP contribution is -2.78. The molecule has 1 saturated carbocycles. The predicted molar refractivity (Wildman–Crippen MR) is 159 cm³/mol. The second-order valence-electron chi connectivity index (χ2n) is 12.7. The van der Waals surface area contributed by atoms with Gasteiger partial charge in [0, 0.05) is 24.6 Å². The molecule has 0 amide bonds. The maximum absolute atomic E-state index is 15.7. The van der Waals surface area contributed by atoms with Gasteiger partial charge in [0.1, 0.15) is 6.61 Å². The molecule has 3 unspecified atom stereocenters. The molecule has 0 bridgehead atoms. The molecule has 0 aromatic carbocycles. The molecule has 0 aromatic heterocycles. The standard InChI is InChI=1S/C31H27F23O11/c1-4-16(55)59-12-21(35,36)27(45,46)62-10-9-58-11-19(32)7-8-20(33,34)25(42,26(19,43)44)31(53,54)65-30(51,52)24(41,64-29(49,50)23(39,40)14-61-18(57)6-3)15-63-28(47,48)22(37,38)13-60-17(56)5-2/h4-6H,1-3,7-15H2. The highest BCUT2D eigenvalue weighted by Crippen LogP contribution is 2.65. The molecule has 34 heteroatoms. The molecule has 378 valence electrons. The van der Waals surface area contributed by atoms with E-state index in [9.17, 15) is 75.8 Å². The molecular weight excluding hydrogens is 985 g/mol. The summed E-state index contributed by atoms with van der Waals surface area (Å²) in [6.07, 6.45) is -41.4. The fourth-order valence-electron chi connectivity index (χ4n) is 4.31. The molecule has 65 heavy (non-hydrogen) atoms. The van der Waals surface area contributed by atoms with Crippen LogP contribution in [0.5, 0.6) is 0 Å². The number of ether oxygens (including phenoxy) is 8. The summed E-state index contributed by atoms with van der Waals surface area (Å²) in [4.78, 5) is 32.8. The van der Waals surface area contributed by atoms with Crippen molar-refractivity contribution >= 4 is 17.9 Å². The van der Waals surface area contributed by atoms with Crippen molar-refractivity contribution in [3.05, 3.63) is 38.0 Å². The first-order valence-electron chi connectivity index (χ1n) is 16.4. The summed E-state index contributed by atoms with van der Waals surface area (Å²) in [5.74, 6) is -45.4. The van der Waals surface area contributed by atoms with Gasteiger partial charge in [0.15, 0.2) is 19.8 Å². The molecule has 1 rings (SSSR count). The van der Waals surface area contributed by atoms with Crippen LogP contribution < -0.4 is 0 Å². The third-order valence-electron chi connectivity index (χ3n) is 7.96. The Morgan fingerprint density at radius 2 is 0.877 bits per heavy atom. The van der Waals surface area contributed by atoms with Crippen LogP contribution in [-0.2, 0) is 52.3 Å². The lowest BCUT2D eigenvalue weighted by atomic mass is 9.70. The van der Waals surface area contributed by atoms with E-state index in [0.717, 1.165) is 0 Å².